The van der Waals surface area contributed by atoms with Crippen molar-refractivity contribution in [2.24, 2.45) is 0 Å². The molecule has 0 aromatic heterocycles. The SMILES string of the molecule is COc1ccc(S(=O)(=O)Nc2ccc(F)c(F)c2)cc1OC. The molecular weight excluding hydrogens is 316 g/mol. The van der Waals surface area contributed by atoms with E-state index in [1.165, 1.54) is 32.4 Å². The Morgan fingerprint density at radius 2 is 1.59 bits per heavy atom. The molecule has 2 aromatic rings. The maximum absolute atomic E-state index is 13.1. The van der Waals surface area contributed by atoms with Gasteiger partial charge in [-0.3, -0.25) is 4.72 Å². The van der Waals surface area contributed by atoms with Crippen LogP contribution in [0.25, 0.3) is 0 Å². The molecule has 0 spiro atoms. The minimum atomic E-state index is -3.98. The Bertz CT molecular complexity index is 793. The standard InChI is InChI=1S/C14H13F2NO4S/c1-20-13-6-4-10(8-14(13)21-2)22(18,19)17-9-3-5-11(15)12(16)7-9/h3-8,17H,1-2H3. The summed E-state index contributed by atoms with van der Waals surface area (Å²) in [6, 6.07) is 6.72. The molecule has 0 amide bonds. The number of methoxy groups -OCH3 is 2. The molecule has 0 aliphatic heterocycles. The lowest BCUT2D eigenvalue weighted by Crippen LogP contribution is -2.13. The van der Waals surface area contributed by atoms with E-state index in [1.54, 1.807) is 0 Å². The number of halogens is 2. The smallest absolute Gasteiger partial charge is 0.262 e. The van der Waals surface area contributed by atoms with Crippen LogP contribution in [-0.4, -0.2) is 22.6 Å². The van der Waals surface area contributed by atoms with E-state index < -0.39 is 21.7 Å². The van der Waals surface area contributed by atoms with Gasteiger partial charge in [0, 0.05) is 12.1 Å². The topological polar surface area (TPSA) is 64.6 Å². The van der Waals surface area contributed by atoms with Gasteiger partial charge in [-0.05, 0) is 24.3 Å². The average Bonchev–Trinajstić information content (AvgIpc) is 2.50. The molecule has 2 rings (SSSR count). The molecule has 0 fully saturated rings. The third-order valence-electron chi connectivity index (χ3n) is 2.84. The zero-order valence-electron chi connectivity index (χ0n) is 11.8. The van der Waals surface area contributed by atoms with E-state index >= 15 is 0 Å². The molecule has 1 N–H and O–H groups in total. The van der Waals surface area contributed by atoms with Crippen molar-refractivity contribution in [3.05, 3.63) is 48.0 Å². The summed E-state index contributed by atoms with van der Waals surface area (Å²) >= 11 is 0. The molecule has 5 nitrogen and oxygen atoms in total. The van der Waals surface area contributed by atoms with Crippen LogP contribution in [0.4, 0.5) is 14.5 Å². The second kappa shape index (κ2) is 6.18. The Hall–Kier alpha value is -2.35. The second-order valence-corrected chi connectivity index (χ2v) is 5.93. The molecule has 0 aliphatic rings. The third kappa shape index (κ3) is 3.28. The van der Waals surface area contributed by atoms with Crippen LogP contribution in [0, 0.1) is 11.6 Å². The number of anilines is 1. The van der Waals surface area contributed by atoms with E-state index in [-0.39, 0.29) is 16.3 Å². The van der Waals surface area contributed by atoms with Crippen LogP contribution in [0.3, 0.4) is 0 Å². The van der Waals surface area contributed by atoms with Crippen molar-refractivity contribution >= 4 is 15.7 Å². The number of hydrogen-bond donors (Lipinski definition) is 1. The first-order chi connectivity index (χ1) is 10.4. The van der Waals surface area contributed by atoms with Crippen LogP contribution in [0.15, 0.2) is 41.3 Å². The minimum absolute atomic E-state index is 0.0892. The highest BCUT2D eigenvalue weighted by atomic mass is 32.2. The van der Waals surface area contributed by atoms with Crippen molar-refractivity contribution in [1.29, 1.82) is 0 Å². The fraction of sp³-hybridized carbons (Fsp3) is 0.143. The Labute approximate surface area is 126 Å². The summed E-state index contributed by atoms with van der Waals surface area (Å²) in [5, 5.41) is 0. The normalized spacial score (nSPS) is 11.1. The molecule has 22 heavy (non-hydrogen) atoms. The first kappa shape index (κ1) is 16.0. The molecule has 0 atom stereocenters. The summed E-state index contributed by atoms with van der Waals surface area (Å²) < 4.78 is 62.7. The van der Waals surface area contributed by atoms with Crippen molar-refractivity contribution in [3.63, 3.8) is 0 Å². The fourth-order valence-corrected chi connectivity index (χ4v) is 2.82. The third-order valence-corrected chi connectivity index (χ3v) is 4.22. The lowest BCUT2D eigenvalue weighted by molar-refractivity contribution is 0.354. The Morgan fingerprint density at radius 3 is 2.18 bits per heavy atom. The summed E-state index contributed by atoms with van der Waals surface area (Å²) in [7, 11) is -1.18. The van der Waals surface area contributed by atoms with Gasteiger partial charge < -0.3 is 9.47 Å². The summed E-state index contributed by atoms with van der Waals surface area (Å²) in [6.07, 6.45) is 0. The zero-order valence-corrected chi connectivity index (χ0v) is 12.6. The molecule has 0 aliphatic carbocycles. The van der Waals surface area contributed by atoms with Gasteiger partial charge in [0.1, 0.15) is 0 Å². The minimum Gasteiger partial charge on any atom is -0.493 e. The van der Waals surface area contributed by atoms with Crippen molar-refractivity contribution in [2.75, 3.05) is 18.9 Å². The maximum atomic E-state index is 13.1. The summed E-state index contributed by atoms with van der Waals surface area (Å²) in [5.41, 5.74) is -0.0892. The van der Waals surface area contributed by atoms with Crippen LogP contribution in [0.1, 0.15) is 0 Å². The van der Waals surface area contributed by atoms with Gasteiger partial charge in [-0.1, -0.05) is 0 Å². The lowest BCUT2D eigenvalue weighted by Gasteiger charge is -2.11. The van der Waals surface area contributed by atoms with E-state index in [2.05, 4.69) is 4.72 Å². The fourth-order valence-electron chi connectivity index (χ4n) is 1.76. The maximum Gasteiger partial charge on any atom is 0.262 e. The highest BCUT2D eigenvalue weighted by Crippen LogP contribution is 2.30. The Balaban J connectivity index is 2.35. The number of sulfonamides is 1. The van der Waals surface area contributed by atoms with E-state index in [4.69, 9.17) is 9.47 Å². The van der Waals surface area contributed by atoms with Crippen LogP contribution in [0.2, 0.25) is 0 Å². The molecular formula is C14H13F2NO4S. The highest BCUT2D eigenvalue weighted by Gasteiger charge is 2.18. The van der Waals surface area contributed by atoms with Crippen LogP contribution >= 0.6 is 0 Å². The molecule has 118 valence electrons. The quantitative estimate of drug-likeness (QED) is 0.916. The molecule has 0 bridgehead atoms. The molecule has 0 unspecified atom stereocenters. The van der Waals surface area contributed by atoms with Crippen molar-refractivity contribution in [2.45, 2.75) is 4.90 Å². The van der Waals surface area contributed by atoms with E-state index in [1.807, 2.05) is 0 Å². The zero-order chi connectivity index (χ0) is 16.3. The summed E-state index contributed by atoms with van der Waals surface area (Å²) in [4.78, 5) is -0.102. The van der Waals surface area contributed by atoms with Gasteiger partial charge in [0.2, 0.25) is 0 Å². The monoisotopic (exact) mass is 329 g/mol. The predicted molar refractivity (Wildman–Crippen MR) is 76.7 cm³/mol. The van der Waals surface area contributed by atoms with E-state index in [0.29, 0.717) is 5.75 Å². The van der Waals surface area contributed by atoms with Gasteiger partial charge in [-0.2, -0.15) is 0 Å². The van der Waals surface area contributed by atoms with Gasteiger partial charge in [0.25, 0.3) is 10.0 Å². The Kier molecular flexibility index (Phi) is 4.51. The predicted octanol–water partition coefficient (Wildman–Crippen LogP) is 2.78. The lowest BCUT2D eigenvalue weighted by atomic mass is 10.3. The van der Waals surface area contributed by atoms with Gasteiger partial charge in [0.05, 0.1) is 24.8 Å². The Morgan fingerprint density at radius 1 is 0.909 bits per heavy atom. The summed E-state index contributed by atoms with van der Waals surface area (Å²) in [5.74, 6) is -1.61. The van der Waals surface area contributed by atoms with Crippen molar-refractivity contribution < 1.29 is 26.7 Å². The first-order valence-electron chi connectivity index (χ1n) is 6.07. The number of nitrogens with one attached hydrogen (secondary N) is 1. The number of benzene rings is 2. The van der Waals surface area contributed by atoms with Crippen LogP contribution < -0.4 is 14.2 Å². The summed E-state index contributed by atoms with van der Waals surface area (Å²) in [6.45, 7) is 0. The van der Waals surface area contributed by atoms with Crippen LogP contribution in [0.5, 0.6) is 11.5 Å². The molecule has 2 aromatic carbocycles. The molecule has 0 saturated carbocycles. The van der Waals surface area contributed by atoms with E-state index in [0.717, 1.165) is 18.2 Å². The van der Waals surface area contributed by atoms with E-state index in [9.17, 15) is 17.2 Å². The number of hydrogen-bond acceptors (Lipinski definition) is 4. The number of ether oxygens (including phenoxy) is 2. The molecule has 0 heterocycles. The van der Waals surface area contributed by atoms with Gasteiger partial charge in [0.15, 0.2) is 23.1 Å². The van der Waals surface area contributed by atoms with Gasteiger partial charge >= 0.3 is 0 Å². The average molecular weight is 329 g/mol. The van der Waals surface area contributed by atoms with Crippen molar-refractivity contribution in [1.82, 2.24) is 0 Å². The molecule has 0 radical (unpaired) electrons. The van der Waals surface area contributed by atoms with Gasteiger partial charge in [-0.25, -0.2) is 17.2 Å². The number of rotatable bonds is 5. The largest absolute Gasteiger partial charge is 0.493 e. The molecule has 0 saturated heterocycles. The highest BCUT2D eigenvalue weighted by molar-refractivity contribution is 7.92. The second-order valence-electron chi connectivity index (χ2n) is 4.25. The van der Waals surface area contributed by atoms with Crippen LogP contribution in [-0.2, 0) is 10.0 Å². The van der Waals surface area contributed by atoms with Gasteiger partial charge in [-0.15, -0.1) is 0 Å². The molecule has 8 heteroatoms. The first-order valence-corrected chi connectivity index (χ1v) is 7.55. The van der Waals surface area contributed by atoms with Crippen molar-refractivity contribution in [3.8, 4) is 11.5 Å².